The lowest BCUT2D eigenvalue weighted by atomic mass is 9.64. The Morgan fingerprint density at radius 2 is 2.25 bits per heavy atom. The van der Waals surface area contributed by atoms with E-state index in [-0.39, 0.29) is 5.41 Å². The summed E-state index contributed by atoms with van der Waals surface area (Å²) < 4.78 is 5.41. The Hall–Kier alpha value is -1.29. The Morgan fingerprint density at radius 1 is 1.50 bits per heavy atom. The molecule has 1 saturated carbocycles. The van der Waals surface area contributed by atoms with Crippen molar-refractivity contribution in [3.63, 3.8) is 0 Å². The first-order valence-electron chi connectivity index (χ1n) is 5.54. The van der Waals surface area contributed by atoms with Crippen LogP contribution in [0.15, 0.2) is 18.5 Å². The van der Waals surface area contributed by atoms with Crippen molar-refractivity contribution >= 4 is 11.4 Å². The molecular weight excluding hydrogens is 202 g/mol. The van der Waals surface area contributed by atoms with Crippen molar-refractivity contribution in [1.82, 2.24) is 4.98 Å². The van der Waals surface area contributed by atoms with E-state index in [4.69, 9.17) is 10.5 Å². The summed E-state index contributed by atoms with van der Waals surface area (Å²) in [5.74, 6) is 0. The number of nitrogens with zero attached hydrogens (tertiary/aromatic N) is 1. The van der Waals surface area contributed by atoms with Crippen molar-refractivity contribution in [3.05, 3.63) is 18.5 Å². The third kappa shape index (κ3) is 1.85. The Labute approximate surface area is 96.2 Å². The largest absolute Gasteiger partial charge is 0.397 e. The fraction of sp³-hybridized carbons (Fsp3) is 0.583. The molecule has 1 aliphatic rings. The van der Waals surface area contributed by atoms with Crippen molar-refractivity contribution in [2.24, 2.45) is 5.41 Å². The first-order valence-corrected chi connectivity index (χ1v) is 5.54. The number of rotatable bonds is 3. The summed E-state index contributed by atoms with van der Waals surface area (Å²) in [6, 6.07) is 2.32. The monoisotopic (exact) mass is 221 g/mol. The maximum Gasteiger partial charge on any atom is 0.0661 e. The van der Waals surface area contributed by atoms with Gasteiger partial charge in [-0.2, -0.15) is 0 Å². The molecule has 1 aromatic heterocycles. The van der Waals surface area contributed by atoms with Crippen LogP contribution in [0.4, 0.5) is 11.4 Å². The molecule has 2 unspecified atom stereocenters. The number of hydrogen-bond acceptors (Lipinski definition) is 4. The summed E-state index contributed by atoms with van der Waals surface area (Å²) in [7, 11) is 1.77. The zero-order valence-corrected chi connectivity index (χ0v) is 10.0. The molecule has 1 aromatic rings. The first-order chi connectivity index (χ1) is 7.54. The standard InChI is InChI=1S/C12H19N3O/c1-12(2)10(5-11(12)16-3)15-9-4-8(13)6-14-7-9/h4,6-7,10-11,15H,5,13H2,1-3H3. The number of nitrogens with two attached hydrogens (primary N) is 1. The van der Waals surface area contributed by atoms with E-state index in [1.807, 2.05) is 6.07 Å². The molecule has 16 heavy (non-hydrogen) atoms. The lowest BCUT2D eigenvalue weighted by Gasteiger charge is -2.51. The van der Waals surface area contributed by atoms with Gasteiger partial charge in [-0.05, 0) is 12.5 Å². The van der Waals surface area contributed by atoms with Gasteiger partial charge in [0, 0.05) is 24.8 Å². The second-order valence-corrected chi connectivity index (χ2v) is 4.99. The molecule has 88 valence electrons. The van der Waals surface area contributed by atoms with E-state index in [9.17, 15) is 0 Å². The van der Waals surface area contributed by atoms with Gasteiger partial charge >= 0.3 is 0 Å². The van der Waals surface area contributed by atoms with Gasteiger partial charge in [-0.15, -0.1) is 0 Å². The SMILES string of the molecule is COC1CC(Nc2cncc(N)c2)C1(C)C. The molecule has 2 rings (SSSR count). The number of nitrogen functional groups attached to an aromatic ring is 1. The van der Waals surface area contributed by atoms with Gasteiger partial charge in [-0.25, -0.2) is 0 Å². The van der Waals surface area contributed by atoms with E-state index in [2.05, 4.69) is 24.1 Å². The van der Waals surface area contributed by atoms with Crippen LogP contribution in [-0.4, -0.2) is 24.2 Å². The number of pyridine rings is 1. The summed E-state index contributed by atoms with van der Waals surface area (Å²) in [6.45, 7) is 4.42. The molecule has 4 nitrogen and oxygen atoms in total. The Balaban J connectivity index is 2.02. The predicted octanol–water partition coefficient (Wildman–Crippen LogP) is 1.89. The molecule has 2 atom stereocenters. The molecule has 0 spiro atoms. The van der Waals surface area contributed by atoms with Crippen molar-refractivity contribution in [3.8, 4) is 0 Å². The van der Waals surface area contributed by atoms with Gasteiger partial charge < -0.3 is 15.8 Å². The quantitative estimate of drug-likeness (QED) is 0.818. The normalized spacial score (nSPS) is 27.2. The van der Waals surface area contributed by atoms with Crippen molar-refractivity contribution in [2.45, 2.75) is 32.4 Å². The molecule has 0 bridgehead atoms. The summed E-state index contributed by atoms with van der Waals surface area (Å²) in [5, 5.41) is 3.45. The Bertz CT molecular complexity index is 378. The molecule has 0 aliphatic heterocycles. The second kappa shape index (κ2) is 3.94. The molecule has 4 heteroatoms. The summed E-state index contributed by atoms with van der Waals surface area (Å²) >= 11 is 0. The van der Waals surface area contributed by atoms with E-state index in [1.165, 1.54) is 0 Å². The number of methoxy groups -OCH3 is 1. The molecule has 1 aliphatic carbocycles. The van der Waals surface area contributed by atoms with Crippen molar-refractivity contribution < 1.29 is 4.74 Å². The molecule has 0 radical (unpaired) electrons. The minimum absolute atomic E-state index is 0.152. The molecule has 0 amide bonds. The van der Waals surface area contributed by atoms with Crippen LogP contribution in [0.1, 0.15) is 20.3 Å². The smallest absolute Gasteiger partial charge is 0.0661 e. The van der Waals surface area contributed by atoms with Crippen LogP contribution in [0.2, 0.25) is 0 Å². The predicted molar refractivity (Wildman–Crippen MR) is 65.3 cm³/mol. The van der Waals surface area contributed by atoms with Crippen LogP contribution in [0.5, 0.6) is 0 Å². The van der Waals surface area contributed by atoms with Crippen LogP contribution >= 0.6 is 0 Å². The van der Waals surface area contributed by atoms with Crippen LogP contribution in [0.3, 0.4) is 0 Å². The third-order valence-electron chi connectivity index (χ3n) is 3.56. The number of aromatic nitrogens is 1. The van der Waals surface area contributed by atoms with E-state index < -0.39 is 0 Å². The molecule has 0 saturated heterocycles. The summed E-state index contributed by atoms with van der Waals surface area (Å²) in [4.78, 5) is 4.06. The van der Waals surface area contributed by atoms with Crippen LogP contribution in [-0.2, 0) is 4.74 Å². The topological polar surface area (TPSA) is 60.2 Å². The van der Waals surface area contributed by atoms with Crippen LogP contribution < -0.4 is 11.1 Å². The van der Waals surface area contributed by atoms with Crippen LogP contribution in [0, 0.1) is 5.41 Å². The van der Waals surface area contributed by atoms with Crippen LogP contribution in [0.25, 0.3) is 0 Å². The van der Waals surface area contributed by atoms with E-state index in [0.29, 0.717) is 17.8 Å². The molecular formula is C12H19N3O. The minimum atomic E-state index is 0.152. The van der Waals surface area contributed by atoms with Gasteiger partial charge in [-0.1, -0.05) is 13.8 Å². The second-order valence-electron chi connectivity index (χ2n) is 4.99. The number of nitrogens with one attached hydrogen (secondary N) is 1. The summed E-state index contributed by atoms with van der Waals surface area (Å²) in [5.41, 5.74) is 7.50. The van der Waals surface area contributed by atoms with E-state index in [1.54, 1.807) is 19.5 Å². The zero-order valence-electron chi connectivity index (χ0n) is 10.0. The lowest BCUT2D eigenvalue weighted by molar-refractivity contribution is -0.0794. The van der Waals surface area contributed by atoms with E-state index >= 15 is 0 Å². The van der Waals surface area contributed by atoms with Gasteiger partial charge in [0.05, 0.1) is 23.7 Å². The van der Waals surface area contributed by atoms with Crippen molar-refractivity contribution in [1.29, 1.82) is 0 Å². The zero-order chi connectivity index (χ0) is 11.8. The number of anilines is 2. The minimum Gasteiger partial charge on any atom is -0.397 e. The molecule has 1 fully saturated rings. The van der Waals surface area contributed by atoms with Gasteiger partial charge in [0.2, 0.25) is 0 Å². The highest BCUT2D eigenvalue weighted by atomic mass is 16.5. The molecule has 0 aromatic carbocycles. The average molecular weight is 221 g/mol. The van der Waals surface area contributed by atoms with Gasteiger partial charge in [0.25, 0.3) is 0 Å². The Morgan fingerprint density at radius 3 is 2.81 bits per heavy atom. The maximum absolute atomic E-state index is 5.69. The maximum atomic E-state index is 5.69. The highest BCUT2D eigenvalue weighted by molar-refractivity contribution is 5.52. The highest BCUT2D eigenvalue weighted by Crippen LogP contribution is 2.43. The van der Waals surface area contributed by atoms with E-state index in [0.717, 1.165) is 12.1 Å². The number of ether oxygens (including phenoxy) is 1. The fourth-order valence-electron chi connectivity index (χ4n) is 2.27. The fourth-order valence-corrected chi connectivity index (χ4v) is 2.27. The van der Waals surface area contributed by atoms with Gasteiger partial charge in [0.15, 0.2) is 0 Å². The lowest BCUT2D eigenvalue weighted by Crippen LogP contribution is -2.57. The molecule has 3 N–H and O–H groups in total. The summed E-state index contributed by atoms with van der Waals surface area (Å²) in [6.07, 6.45) is 4.80. The highest BCUT2D eigenvalue weighted by Gasteiger charge is 2.48. The molecule has 1 heterocycles. The van der Waals surface area contributed by atoms with Gasteiger partial charge in [0.1, 0.15) is 0 Å². The average Bonchev–Trinajstić information content (AvgIpc) is 2.23. The van der Waals surface area contributed by atoms with Crippen molar-refractivity contribution in [2.75, 3.05) is 18.2 Å². The number of hydrogen-bond donors (Lipinski definition) is 2. The third-order valence-corrected chi connectivity index (χ3v) is 3.56. The Kier molecular flexibility index (Phi) is 2.76. The first kappa shape index (κ1) is 11.2. The van der Waals surface area contributed by atoms with Gasteiger partial charge in [-0.3, -0.25) is 4.98 Å².